The Kier molecular flexibility index (Phi) is 10.5. The lowest BCUT2D eigenvalue weighted by molar-refractivity contribution is 0.467. The van der Waals surface area contributed by atoms with Gasteiger partial charge in [0.1, 0.15) is 11.5 Å². The van der Waals surface area contributed by atoms with Crippen LogP contribution < -0.4 is 20.7 Å². The molecule has 0 atom stereocenters. The molecule has 0 radical (unpaired) electrons. The largest absolute Gasteiger partial charge is 0.508 e. The predicted octanol–water partition coefficient (Wildman–Crippen LogP) is 7.20. The van der Waals surface area contributed by atoms with Crippen LogP contribution in [0.25, 0.3) is 0 Å². The summed E-state index contributed by atoms with van der Waals surface area (Å²) in [5.74, 6) is 0.697. The fraction of sp³-hybridized carbons (Fsp3) is 0.143. The third kappa shape index (κ3) is 7.33. The van der Waals surface area contributed by atoms with Crippen LogP contribution >= 0.6 is 0 Å². The molecule has 0 amide bonds. The van der Waals surface area contributed by atoms with Gasteiger partial charge in [-0.05, 0) is 81.8 Å². The quantitative estimate of drug-likeness (QED) is 0.123. The van der Waals surface area contributed by atoms with Crippen LogP contribution in [0.15, 0.2) is 170 Å². The SMILES string of the molecule is Oc1ccccc1CCC[Si](O[Si](CCCc1ccccc1O)(c1ccccc1)c1ccccc1)(c1ccccc1)c1ccccc1. The lowest BCUT2D eigenvalue weighted by Crippen LogP contribution is -2.72. The van der Waals surface area contributed by atoms with Crippen molar-refractivity contribution in [1.29, 1.82) is 0 Å². The van der Waals surface area contributed by atoms with E-state index in [4.69, 9.17) is 4.12 Å². The van der Waals surface area contributed by atoms with Crippen molar-refractivity contribution in [2.75, 3.05) is 0 Å². The molecule has 6 rings (SSSR count). The normalized spacial score (nSPS) is 11.7. The molecule has 236 valence electrons. The van der Waals surface area contributed by atoms with Gasteiger partial charge in [-0.25, -0.2) is 0 Å². The molecule has 0 bridgehead atoms. The van der Waals surface area contributed by atoms with Gasteiger partial charge in [0, 0.05) is 0 Å². The molecule has 0 aromatic heterocycles. The number of phenolic OH excluding ortho intramolecular Hbond substituents is 2. The van der Waals surface area contributed by atoms with Gasteiger partial charge in [-0.15, -0.1) is 0 Å². The summed E-state index contributed by atoms with van der Waals surface area (Å²) in [5.41, 5.74) is 1.93. The molecule has 6 aromatic carbocycles. The first kappa shape index (κ1) is 32.3. The van der Waals surface area contributed by atoms with Crippen molar-refractivity contribution >= 4 is 37.4 Å². The number of aromatic hydroxyl groups is 2. The lowest BCUT2D eigenvalue weighted by Gasteiger charge is -2.44. The van der Waals surface area contributed by atoms with Crippen LogP contribution in [-0.4, -0.2) is 26.8 Å². The molecule has 0 unspecified atom stereocenters. The summed E-state index contributed by atoms with van der Waals surface area (Å²) in [6, 6.07) is 60.6. The Balaban J connectivity index is 1.51. The number of aryl methyl sites for hydroxylation is 2. The van der Waals surface area contributed by atoms with Crippen LogP contribution in [0.5, 0.6) is 11.5 Å². The molecular formula is C42H42O3Si2. The van der Waals surface area contributed by atoms with E-state index in [9.17, 15) is 10.2 Å². The van der Waals surface area contributed by atoms with Gasteiger partial charge in [0.25, 0.3) is 0 Å². The van der Waals surface area contributed by atoms with E-state index in [2.05, 4.69) is 121 Å². The van der Waals surface area contributed by atoms with Crippen molar-refractivity contribution in [2.24, 2.45) is 0 Å². The fourth-order valence-electron chi connectivity index (χ4n) is 6.88. The molecule has 0 aliphatic heterocycles. The van der Waals surface area contributed by atoms with Gasteiger partial charge in [-0.3, -0.25) is 0 Å². The second-order valence-electron chi connectivity index (χ2n) is 12.2. The Morgan fingerprint density at radius 3 is 0.936 bits per heavy atom. The Labute approximate surface area is 281 Å². The first-order chi connectivity index (χ1) is 23.1. The number of para-hydroxylation sites is 2. The smallest absolute Gasteiger partial charge is 0.245 e. The van der Waals surface area contributed by atoms with Crippen molar-refractivity contribution in [1.82, 2.24) is 0 Å². The van der Waals surface area contributed by atoms with Crippen LogP contribution in [0, 0.1) is 0 Å². The van der Waals surface area contributed by atoms with Crippen LogP contribution in [0.3, 0.4) is 0 Å². The average molecular weight is 651 g/mol. The van der Waals surface area contributed by atoms with Crippen molar-refractivity contribution in [2.45, 2.75) is 37.8 Å². The molecule has 5 heteroatoms. The maximum Gasteiger partial charge on any atom is 0.245 e. The summed E-state index contributed by atoms with van der Waals surface area (Å²) in [4.78, 5) is 0. The monoisotopic (exact) mass is 650 g/mol. The summed E-state index contributed by atoms with van der Waals surface area (Å²) in [6.07, 6.45) is 3.28. The van der Waals surface area contributed by atoms with Gasteiger partial charge in [0.15, 0.2) is 0 Å². The number of phenols is 2. The maximum atomic E-state index is 10.6. The van der Waals surface area contributed by atoms with E-state index in [0.717, 1.165) is 48.9 Å². The summed E-state index contributed by atoms with van der Waals surface area (Å²) >= 11 is 0. The molecule has 0 aliphatic rings. The summed E-state index contributed by atoms with van der Waals surface area (Å²) in [5, 5.41) is 26.3. The highest BCUT2D eigenvalue weighted by atomic mass is 28.4. The minimum absolute atomic E-state index is 0.349. The molecule has 0 fully saturated rings. The summed E-state index contributed by atoms with van der Waals surface area (Å²) in [7, 11) is -5.86. The second-order valence-corrected chi connectivity index (χ2v) is 19.6. The lowest BCUT2D eigenvalue weighted by atomic mass is 10.1. The Bertz CT molecular complexity index is 1620. The van der Waals surface area contributed by atoms with E-state index in [-0.39, 0.29) is 0 Å². The Morgan fingerprint density at radius 1 is 0.362 bits per heavy atom. The van der Waals surface area contributed by atoms with Gasteiger partial charge >= 0.3 is 0 Å². The topological polar surface area (TPSA) is 49.7 Å². The fourth-order valence-corrected chi connectivity index (χ4v) is 18.1. The van der Waals surface area contributed by atoms with Gasteiger partial charge in [-0.2, -0.15) is 0 Å². The van der Waals surface area contributed by atoms with Crippen molar-refractivity contribution in [3.63, 3.8) is 0 Å². The first-order valence-corrected chi connectivity index (χ1v) is 20.8. The Hall–Kier alpha value is -4.69. The number of benzene rings is 6. The molecule has 3 nitrogen and oxygen atoms in total. The Morgan fingerprint density at radius 2 is 0.638 bits per heavy atom. The van der Waals surface area contributed by atoms with Gasteiger partial charge in [-0.1, -0.05) is 158 Å². The number of rotatable bonds is 14. The highest BCUT2D eigenvalue weighted by molar-refractivity contribution is 7.09. The van der Waals surface area contributed by atoms with Gasteiger partial charge < -0.3 is 14.3 Å². The zero-order valence-corrected chi connectivity index (χ0v) is 28.7. The second kappa shape index (κ2) is 15.3. The first-order valence-electron chi connectivity index (χ1n) is 16.6. The molecule has 6 aromatic rings. The standard InChI is InChI=1S/C42H42O3Si2/c43-41-31-15-13-19-35(41)21-17-33-46(37-23-5-1-6-24-37,38-25-7-2-8-26-38)45-47(39-27-9-3-10-28-39,40-29-11-4-12-30-40)34-18-22-36-20-14-16-32-42(36)44/h1-16,19-20,23-32,43-44H,17-18,21-22,33-34H2. The van der Waals surface area contributed by atoms with Gasteiger partial charge in [0.2, 0.25) is 16.6 Å². The van der Waals surface area contributed by atoms with Crippen LogP contribution in [-0.2, 0) is 17.0 Å². The molecule has 0 aliphatic carbocycles. The average Bonchev–Trinajstić information content (AvgIpc) is 3.13. The van der Waals surface area contributed by atoms with Gasteiger partial charge in [0.05, 0.1) is 0 Å². The highest BCUT2D eigenvalue weighted by Crippen LogP contribution is 2.29. The van der Waals surface area contributed by atoms with E-state index in [1.165, 1.54) is 20.7 Å². The maximum absolute atomic E-state index is 10.6. The third-order valence-corrected chi connectivity index (χ3v) is 19.2. The van der Waals surface area contributed by atoms with Crippen LogP contribution in [0.2, 0.25) is 12.1 Å². The molecular weight excluding hydrogens is 609 g/mol. The molecule has 47 heavy (non-hydrogen) atoms. The molecule has 0 heterocycles. The number of hydrogen-bond acceptors (Lipinski definition) is 3. The zero-order valence-electron chi connectivity index (χ0n) is 26.7. The minimum Gasteiger partial charge on any atom is -0.508 e. The summed E-state index contributed by atoms with van der Waals surface area (Å²) < 4.78 is 8.26. The predicted molar refractivity (Wildman–Crippen MR) is 199 cm³/mol. The molecule has 2 N–H and O–H groups in total. The number of hydrogen-bond donors (Lipinski definition) is 2. The van der Waals surface area contributed by atoms with E-state index in [0.29, 0.717) is 11.5 Å². The van der Waals surface area contributed by atoms with Crippen molar-refractivity contribution in [3.05, 3.63) is 181 Å². The van der Waals surface area contributed by atoms with Crippen LogP contribution in [0.1, 0.15) is 24.0 Å². The van der Waals surface area contributed by atoms with E-state index in [1.807, 2.05) is 36.4 Å². The van der Waals surface area contributed by atoms with E-state index >= 15 is 0 Å². The zero-order chi connectivity index (χ0) is 32.4. The van der Waals surface area contributed by atoms with Crippen molar-refractivity contribution in [3.8, 4) is 11.5 Å². The highest BCUT2D eigenvalue weighted by Gasteiger charge is 2.49. The van der Waals surface area contributed by atoms with Crippen molar-refractivity contribution < 1.29 is 14.3 Å². The van der Waals surface area contributed by atoms with E-state index in [1.54, 1.807) is 12.1 Å². The summed E-state index contributed by atoms with van der Waals surface area (Å²) in [6.45, 7) is 0. The molecule has 0 saturated carbocycles. The molecule has 0 saturated heterocycles. The van der Waals surface area contributed by atoms with E-state index < -0.39 is 16.6 Å². The minimum atomic E-state index is -2.93. The third-order valence-electron chi connectivity index (χ3n) is 9.24. The molecule has 0 spiro atoms. The van der Waals surface area contributed by atoms with Crippen LogP contribution in [0.4, 0.5) is 0 Å².